The van der Waals surface area contributed by atoms with Gasteiger partial charge in [0.1, 0.15) is 0 Å². The molecule has 3 nitrogen and oxygen atoms in total. The number of ether oxygens (including phenoxy) is 1. The van der Waals surface area contributed by atoms with Crippen molar-refractivity contribution in [3.63, 3.8) is 0 Å². The van der Waals surface area contributed by atoms with Gasteiger partial charge in [-0.25, -0.2) is 0 Å². The third-order valence-corrected chi connectivity index (χ3v) is 3.52. The van der Waals surface area contributed by atoms with Crippen molar-refractivity contribution in [2.24, 2.45) is 5.92 Å². The first-order chi connectivity index (χ1) is 8.31. The highest BCUT2D eigenvalue weighted by Gasteiger charge is 2.24. The summed E-state index contributed by atoms with van der Waals surface area (Å²) < 4.78 is 5.40. The smallest absolute Gasteiger partial charge is 0.0626 e. The van der Waals surface area contributed by atoms with Gasteiger partial charge in [-0.15, -0.1) is 0 Å². The SMILES string of the molecule is CC(N[C@@H](CO)c1ccccc1)C1CCOC1. The van der Waals surface area contributed by atoms with Crippen LogP contribution in [0.15, 0.2) is 30.3 Å². The first-order valence-electron chi connectivity index (χ1n) is 6.31. The maximum Gasteiger partial charge on any atom is 0.0626 e. The van der Waals surface area contributed by atoms with E-state index in [0.29, 0.717) is 12.0 Å². The lowest BCUT2D eigenvalue weighted by Gasteiger charge is -2.25. The van der Waals surface area contributed by atoms with Gasteiger partial charge in [0.15, 0.2) is 0 Å². The lowest BCUT2D eigenvalue weighted by Crippen LogP contribution is -2.38. The minimum absolute atomic E-state index is 0.0202. The van der Waals surface area contributed by atoms with Crippen molar-refractivity contribution in [1.29, 1.82) is 0 Å². The number of nitrogens with one attached hydrogen (secondary N) is 1. The minimum atomic E-state index is 0.0202. The van der Waals surface area contributed by atoms with E-state index in [0.717, 1.165) is 25.2 Å². The van der Waals surface area contributed by atoms with E-state index in [1.807, 2.05) is 30.3 Å². The molecule has 0 radical (unpaired) electrons. The summed E-state index contributed by atoms with van der Waals surface area (Å²) in [5.41, 5.74) is 1.14. The Hall–Kier alpha value is -0.900. The zero-order valence-electron chi connectivity index (χ0n) is 10.3. The van der Waals surface area contributed by atoms with E-state index in [4.69, 9.17) is 4.74 Å². The summed E-state index contributed by atoms with van der Waals surface area (Å²) in [6, 6.07) is 10.5. The van der Waals surface area contributed by atoms with Crippen LogP contribution in [0.5, 0.6) is 0 Å². The largest absolute Gasteiger partial charge is 0.394 e. The summed E-state index contributed by atoms with van der Waals surface area (Å²) in [4.78, 5) is 0. The zero-order chi connectivity index (χ0) is 12.1. The normalized spacial score (nSPS) is 23.5. The average Bonchev–Trinajstić information content (AvgIpc) is 2.90. The van der Waals surface area contributed by atoms with Crippen molar-refractivity contribution in [2.45, 2.75) is 25.4 Å². The van der Waals surface area contributed by atoms with Gasteiger partial charge in [-0.2, -0.15) is 0 Å². The Bertz CT molecular complexity index is 322. The van der Waals surface area contributed by atoms with Crippen molar-refractivity contribution in [3.8, 4) is 0 Å². The summed E-state index contributed by atoms with van der Waals surface area (Å²) in [6.45, 7) is 4.00. The van der Waals surface area contributed by atoms with Crippen molar-refractivity contribution < 1.29 is 9.84 Å². The monoisotopic (exact) mass is 235 g/mol. The lowest BCUT2D eigenvalue weighted by molar-refractivity contribution is 0.170. The van der Waals surface area contributed by atoms with Crippen molar-refractivity contribution in [1.82, 2.24) is 5.32 Å². The minimum Gasteiger partial charge on any atom is -0.394 e. The highest BCUT2D eigenvalue weighted by Crippen LogP contribution is 2.20. The van der Waals surface area contributed by atoms with Crippen LogP contribution in [0.3, 0.4) is 0 Å². The van der Waals surface area contributed by atoms with Gasteiger partial charge < -0.3 is 15.2 Å². The zero-order valence-corrected chi connectivity index (χ0v) is 10.3. The van der Waals surface area contributed by atoms with Gasteiger partial charge in [0.05, 0.1) is 19.3 Å². The van der Waals surface area contributed by atoms with Crippen LogP contribution in [-0.2, 0) is 4.74 Å². The maximum absolute atomic E-state index is 9.48. The molecule has 0 amide bonds. The fourth-order valence-electron chi connectivity index (χ4n) is 2.34. The predicted octanol–water partition coefficient (Wildman–Crippen LogP) is 1.73. The van der Waals surface area contributed by atoms with Crippen LogP contribution in [-0.4, -0.2) is 31.0 Å². The molecule has 1 aliphatic rings. The highest BCUT2D eigenvalue weighted by atomic mass is 16.5. The van der Waals surface area contributed by atoms with E-state index in [2.05, 4.69) is 12.2 Å². The molecule has 1 aromatic rings. The molecule has 0 aromatic heterocycles. The molecule has 0 saturated carbocycles. The Labute approximate surface area is 103 Å². The van der Waals surface area contributed by atoms with Crippen molar-refractivity contribution in [2.75, 3.05) is 19.8 Å². The van der Waals surface area contributed by atoms with Gasteiger partial charge in [-0.05, 0) is 24.8 Å². The molecule has 94 valence electrons. The third kappa shape index (κ3) is 3.28. The molecule has 0 bridgehead atoms. The van der Waals surface area contributed by atoms with E-state index < -0.39 is 0 Å². The van der Waals surface area contributed by atoms with E-state index in [-0.39, 0.29) is 12.6 Å². The summed E-state index contributed by atoms with van der Waals surface area (Å²) >= 11 is 0. The number of rotatable bonds is 5. The third-order valence-electron chi connectivity index (χ3n) is 3.52. The molecule has 1 fully saturated rings. The molecule has 1 aromatic carbocycles. The van der Waals surface area contributed by atoms with E-state index in [9.17, 15) is 5.11 Å². The number of hydrogen-bond donors (Lipinski definition) is 2. The predicted molar refractivity (Wildman–Crippen MR) is 67.8 cm³/mol. The molecule has 1 saturated heterocycles. The van der Waals surface area contributed by atoms with E-state index in [1.165, 1.54) is 0 Å². The fraction of sp³-hybridized carbons (Fsp3) is 0.571. The molecule has 2 rings (SSSR count). The molecule has 2 unspecified atom stereocenters. The Morgan fingerprint density at radius 1 is 1.41 bits per heavy atom. The van der Waals surface area contributed by atoms with Crippen LogP contribution < -0.4 is 5.32 Å². The molecule has 1 aliphatic heterocycles. The molecule has 1 heterocycles. The summed E-state index contributed by atoms with van der Waals surface area (Å²) in [5.74, 6) is 0.563. The van der Waals surface area contributed by atoms with Gasteiger partial charge in [0, 0.05) is 12.6 Å². The van der Waals surface area contributed by atoms with Crippen LogP contribution in [0.2, 0.25) is 0 Å². The fourth-order valence-corrected chi connectivity index (χ4v) is 2.34. The number of hydrogen-bond acceptors (Lipinski definition) is 3. The molecular formula is C14H21NO2. The van der Waals surface area contributed by atoms with Crippen molar-refractivity contribution >= 4 is 0 Å². The number of benzene rings is 1. The second-order valence-corrected chi connectivity index (χ2v) is 4.72. The van der Waals surface area contributed by atoms with Crippen LogP contribution in [0, 0.1) is 5.92 Å². The molecular weight excluding hydrogens is 214 g/mol. The average molecular weight is 235 g/mol. The quantitative estimate of drug-likeness (QED) is 0.816. The van der Waals surface area contributed by atoms with Crippen LogP contribution in [0.1, 0.15) is 24.9 Å². The Morgan fingerprint density at radius 2 is 2.18 bits per heavy atom. The molecule has 17 heavy (non-hydrogen) atoms. The highest BCUT2D eigenvalue weighted by molar-refractivity contribution is 5.19. The standard InChI is InChI=1S/C14H21NO2/c1-11(13-7-8-17-10-13)15-14(9-16)12-5-3-2-4-6-12/h2-6,11,13-16H,7-10H2,1H3/t11?,13?,14-/m0/s1. The Kier molecular flexibility index (Phi) is 4.54. The second-order valence-electron chi connectivity index (χ2n) is 4.72. The van der Waals surface area contributed by atoms with Gasteiger partial charge in [0.2, 0.25) is 0 Å². The summed E-state index contributed by atoms with van der Waals surface area (Å²) in [5, 5.41) is 13.0. The van der Waals surface area contributed by atoms with E-state index >= 15 is 0 Å². The summed E-state index contributed by atoms with van der Waals surface area (Å²) in [7, 11) is 0. The lowest BCUT2D eigenvalue weighted by atomic mass is 9.98. The second kappa shape index (κ2) is 6.15. The van der Waals surface area contributed by atoms with Gasteiger partial charge >= 0.3 is 0 Å². The molecule has 3 heteroatoms. The molecule has 0 aliphatic carbocycles. The Morgan fingerprint density at radius 3 is 2.76 bits per heavy atom. The molecule has 3 atom stereocenters. The first-order valence-corrected chi connectivity index (χ1v) is 6.31. The van der Waals surface area contributed by atoms with Gasteiger partial charge in [-0.3, -0.25) is 0 Å². The van der Waals surface area contributed by atoms with E-state index in [1.54, 1.807) is 0 Å². The topological polar surface area (TPSA) is 41.5 Å². The van der Waals surface area contributed by atoms with Crippen LogP contribution in [0.4, 0.5) is 0 Å². The van der Waals surface area contributed by atoms with Crippen molar-refractivity contribution in [3.05, 3.63) is 35.9 Å². The first kappa shape index (κ1) is 12.6. The molecule has 2 N–H and O–H groups in total. The molecule has 0 spiro atoms. The Balaban J connectivity index is 1.95. The number of aliphatic hydroxyl groups excluding tert-OH is 1. The van der Waals surface area contributed by atoms with Crippen LogP contribution >= 0.6 is 0 Å². The van der Waals surface area contributed by atoms with Gasteiger partial charge in [-0.1, -0.05) is 30.3 Å². The maximum atomic E-state index is 9.48. The van der Waals surface area contributed by atoms with Gasteiger partial charge in [0.25, 0.3) is 0 Å². The summed E-state index contributed by atoms with van der Waals surface area (Å²) in [6.07, 6.45) is 1.11. The van der Waals surface area contributed by atoms with Crippen LogP contribution in [0.25, 0.3) is 0 Å². The number of aliphatic hydroxyl groups is 1.